The summed E-state index contributed by atoms with van der Waals surface area (Å²) in [6.07, 6.45) is 1.52. The van der Waals surface area contributed by atoms with E-state index in [4.69, 9.17) is 43.8 Å². The highest BCUT2D eigenvalue weighted by molar-refractivity contribution is 7.80. The van der Waals surface area contributed by atoms with Gasteiger partial charge in [0.05, 0.1) is 32.6 Å². The van der Waals surface area contributed by atoms with Gasteiger partial charge >= 0.3 is 0 Å². The van der Waals surface area contributed by atoms with Gasteiger partial charge in [-0.3, -0.25) is 0 Å². The first-order valence-electron chi connectivity index (χ1n) is 7.33. The van der Waals surface area contributed by atoms with Crippen LogP contribution >= 0.6 is 23.8 Å². The van der Waals surface area contributed by atoms with Crippen molar-refractivity contribution in [2.45, 2.75) is 0 Å². The molecular weight excluding hydrogens is 378 g/mol. The zero-order chi connectivity index (χ0) is 19.3. The highest BCUT2D eigenvalue weighted by Crippen LogP contribution is 2.38. The molecule has 9 heteroatoms. The Bertz CT molecular complexity index is 845. The molecule has 0 heterocycles. The maximum Gasteiger partial charge on any atom is 0.191 e. The van der Waals surface area contributed by atoms with E-state index in [2.05, 4.69) is 5.10 Å². The Hall–Kier alpha value is -2.71. The number of nitrogens with two attached hydrogens (primary N) is 1. The molecule has 0 saturated heterocycles. The molecule has 7 nitrogen and oxygen atoms in total. The first-order chi connectivity index (χ1) is 12.4. The zero-order valence-electron chi connectivity index (χ0n) is 14.4. The molecule has 0 saturated carbocycles. The summed E-state index contributed by atoms with van der Waals surface area (Å²) in [5.74, 6) is 1.19. The Labute approximate surface area is 161 Å². The standard InChI is InChI=1S/C17H18ClN3O4S/c1-23-14-8-12(15(24-2)7-11(14)18)21(17(19)26)20-9-10-4-5-13(22)16(6-10)25-3/h4-9,22H,1-3H3,(H2,19,26)/b20-9-. The van der Waals surface area contributed by atoms with Crippen molar-refractivity contribution in [1.82, 2.24) is 0 Å². The number of aromatic hydroxyl groups is 1. The van der Waals surface area contributed by atoms with Gasteiger partial charge < -0.3 is 25.1 Å². The fraction of sp³-hybridized carbons (Fsp3) is 0.176. The summed E-state index contributed by atoms with van der Waals surface area (Å²) in [7, 11) is 4.45. The monoisotopic (exact) mass is 395 g/mol. The van der Waals surface area contributed by atoms with Gasteiger partial charge in [0.25, 0.3) is 0 Å². The molecule has 2 aromatic rings. The maximum absolute atomic E-state index is 9.67. The predicted molar refractivity (Wildman–Crippen MR) is 106 cm³/mol. The molecule has 0 unspecified atom stereocenters. The third-order valence-corrected chi connectivity index (χ3v) is 3.88. The van der Waals surface area contributed by atoms with E-state index >= 15 is 0 Å². The van der Waals surface area contributed by atoms with Gasteiger partial charge in [0.15, 0.2) is 16.6 Å². The van der Waals surface area contributed by atoms with E-state index in [1.165, 1.54) is 38.6 Å². The minimum Gasteiger partial charge on any atom is -0.504 e. The molecule has 0 aliphatic carbocycles. The summed E-state index contributed by atoms with van der Waals surface area (Å²) in [5, 5.41) is 15.7. The summed E-state index contributed by atoms with van der Waals surface area (Å²) >= 11 is 11.2. The minimum atomic E-state index is -0.00494. The van der Waals surface area contributed by atoms with Crippen LogP contribution in [0.2, 0.25) is 5.02 Å². The van der Waals surface area contributed by atoms with Crippen LogP contribution in [0.15, 0.2) is 35.4 Å². The lowest BCUT2D eigenvalue weighted by Crippen LogP contribution is -2.31. The number of halogens is 1. The number of nitrogens with zero attached hydrogens (tertiary/aromatic N) is 2. The van der Waals surface area contributed by atoms with Crippen molar-refractivity contribution in [1.29, 1.82) is 0 Å². The maximum atomic E-state index is 9.67. The van der Waals surface area contributed by atoms with E-state index in [1.54, 1.807) is 24.3 Å². The summed E-state index contributed by atoms with van der Waals surface area (Å²) < 4.78 is 15.6. The molecule has 2 rings (SSSR count). The average Bonchev–Trinajstić information content (AvgIpc) is 2.63. The van der Waals surface area contributed by atoms with Gasteiger partial charge in [-0.1, -0.05) is 11.6 Å². The molecule has 0 aliphatic heterocycles. The van der Waals surface area contributed by atoms with Crippen molar-refractivity contribution < 1.29 is 19.3 Å². The van der Waals surface area contributed by atoms with Crippen molar-refractivity contribution in [2.24, 2.45) is 10.8 Å². The van der Waals surface area contributed by atoms with Crippen LogP contribution in [0.25, 0.3) is 0 Å². The fourth-order valence-electron chi connectivity index (χ4n) is 2.15. The second-order valence-electron chi connectivity index (χ2n) is 4.98. The van der Waals surface area contributed by atoms with Gasteiger partial charge in [0.1, 0.15) is 17.2 Å². The number of hydrazone groups is 1. The third-order valence-electron chi connectivity index (χ3n) is 3.42. The van der Waals surface area contributed by atoms with E-state index in [0.717, 1.165) is 0 Å². The lowest BCUT2D eigenvalue weighted by Gasteiger charge is -2.20. The first-order valence-corrected chi connectivity index (χ1v) is 8.12. The van der Waals surface area contributed by atoms with Gasteiger partial charge in [0.2, 0.25) is 0 Å². The fourth-order valence-corrected chi connectivity index (χ4v) is 2.52. The van der Waals surface area contributed by atoms with E-state index in [-0.39, 0.29) is 10.9 Å². The minimum absolute atomic E-state index is 0.00494. The topological polar surface area (TPSA) is 89.5 Å². The quantitative estimate of drug-likeness (QED) is 0.441. The number of thiocarbonyl (C=S) groups is 1. The van der Waals surface area contributed by atoms with Crippen LogP contribution in [0.4, 0.5) is 5.69 Å². The number of ether oxygens (including phenoxy) is 3. The van der Waals surface area contributed by atoms with Gasteiger partial charge in [-0.05, 0) is 36.0 Å². The Kier molecular flexibility index (Phi) is 6.48. The summed E-state index contributed by atoms with van der Waals surface area (Å²) in [6, 6.07) is 7.99. The molecule has 0 spiro atoms. The van der Waals surface area contributed by atoms with Crippen molar-refractivity contribution in [3.05, 3.63) is 40.9 Å². The molecule has 26 heavy (non-hydrogen) atoms. The molecular formula is C17H18ClN3O4S. The van der Waals surface area contributed by atoms with Crippen LogP contribution in [-0.4, -0.2) is 37.8 Å². The van der Waals surface area contributed by atoms with Crippen molar-refractivity contribution in [3.63, 3.8) is 0 Å². The number of anilines is 1. The molecule has 3 N–H and O–H groups in total. The predicted octanol–water partition coefficient (Wildman–Crippen LogP) is 3.16. The molecule has 0 bridgehead atoms. The summed E-state index contributed by atoms with van der Waals surface area (Å²) in [4.78, 5) is 0. The Balaban J connectivity index is 2.45. The molecule has 2 aromatic carbocycles. The van der Waals surface area contributed by atoms with Crippen molar-refractivity contribution >= 4 is 40.8 Å². The van der Waals surface area contributed by atoms with Crippen molar-refractivity contribution in [3.8, 4) is 23.0 Å². The molecule has 0 amide bonds. The van der Waals surface area contributed by atoms with Crippen LogP contribution in [0.1, 0.15) is 5.56 Å². The zero-order valence-corrected chi connectivity index (χ0v) is 16.0. The number of hydrogen-bond donors (Lipinski definition) is 2. The van der Waals surface area contributed by atoms with Crippen LogP contribution in [-0.2, 0) is 0 Å². The second-order valence-corrected chi connectivity index (χ2v) is 5.81. The highest BCUT2D eigenvalue weighted by atomic mass is 35.5. The first kappa shape index (κ1) is 19.6. The third kappa shape index (κ3) is 4.27. The number of hydrogen-bond acceptors (Lipinski definition) is 6. The number of phenolic OH excluding ortho intramolecular Hbond substituents is 1. The second kappa shape index (κ2) is 8.59. The summed E-state index contributed by atoms with van der Waals surface area (Å²) in [5.41, 5.74) is 6.94. The van der Waals surface area contributed by atoms with E-state index in [9.17, 15) is 5.11 Å². The Morgan fingerprint density at radius 1 is 1.12 bits per heavy atom. The molecule has 0 aromatic heterocycles. The summed E-state index contributed by atoms with van der Waals surface area (Å²) in [6.45, 7) is 0. The van der Waals surface area contributed by atoms with Crippen LogP contribution in [0.5, 0.6) is 23.0 Å². The lowest BCUT2D eigenvalue weighted by molar-refractivity contribution is 0.373. The largest absolute Gasteiger partial charge is 0.504 e. The van der Waals surface area contributed by atoms with E-state index < -0.39 is 0 Å². The number of rotatable bonds is 6. The van der Waals surface area contributed by atoms with Crippen LogP contribution < -0.4 is 25.0 Å². The van der Waals surface area contributed by atoms with Gasteiger partial charge in [-0.15, -0.1) is 0 Å². The van der Waals surface area contributed by atoms with E-state index in [1.807, 2.05) is 0 Å². The molecule has 0 aliphatic rings. The van der Waals surface area contributed by atoms with Gasteiger partial charge in [-0.25, -0.2) is 5.01 Å². The normalized spacial score (nSPS) is 10.6. The van der Waals surface area contributed by atoms with Gasteiger partial charge in [-0.2, -0.15) is 5.10 Å². The number of phenols is 1. The van der Waals surface area contributed by atoms with Gasteiger partial charge in [0, 0.05) is 12.1 Å². The molecule has 0 atom stereocenters. The highest BCUT2D eigenvalue weighted by Gasteiger charge is 2.17. The number of benzene rings is 2. The van der Waals surface area contributed by atoms with Crippen LogP contribution in [0, 0.1) is 0 Å². The average molecular weight is 396 g/mol. The Morgan fingerprint density at radius 3 is 2.35 bits per heavy atom. The molecule has 0 radical (unpaired) electrons. The molecule has 138 valence electrons. The lowest BCUT2D eigenvalue weighted by atomic mass is 10.2. The SMILES string of the molecule is COc1cc(/C=N\N(C(N)=S)c2cc(OC)c(Cl)cc2OC)ccc1O. The number of methoxy groups -OCH3 is 3. The molecule has 0 fully saturated rings. The smallest absolute Gasteiger partial charge is 0.191 e. The van der Waals surface area contributed by atoms with E-state index in [0.29, 0.717) is 33.5 Å². The Morgan fingerprint density at radius 2 is 1.77 bits per heavy atom. The van der Waals surface area contributed by atoms with Crippen molar-refractivity contribution in [2.75, 3.05) is 26.3 Å². The van der Waals surface area contributed by atoms with Crippen LogP contribution in [0.3, 0.4) is 0 Å².